The van der Waals surface area contributed by atoms with E-state index in [2.05, 4.69) is 5.32 Å². The monoisotopic (exact) mass is 281 g/mol. The van der Waals surface area contributed by atoms with Gasteiger partial charge in [0.25, 0.3) is 11.6 Å². The first-order chi connectivity index (χ1) is 8.83. The van der Waals surface area contributed by atoms with Crippen molar-refractivity contribution in [1.82, 2.24) is 5.32 Å². The molecule has 1 unspecified atom stereocenters. The molecule has 0 aliphatic heterocycles. The molecule has 7 heteroatoms. The van der Waals surface area contributed by atoms with Crippen LogP contribution in [0.25, 0.3) is 0 Å². The van der Waals surface area contributed by atoms with Crippen molar-refractivity contribution in [2.45, 2.75) is 25.8 Å². The van der Waals surface area contributed by atoms with Crippen LogP contribution in [0.15, 0.2) is 18.2 Å². The summed E-state index contributed by atoms with van der Waals surface area (Å²) in [6.45, 7) is 3.28. The Morgan fingerprint density at radius 1 is 1.63 bits per heavy atom. The van der Waals surface area contributed by atoms with E-state index in [9.17, 15) is 14.9 Å². The molecule has 0 aromatic heterocycles. The summed E-state index contributed by atoms with van der Waals surface area (Å²) in [6, 6.07) is 5.72. The largest absolute Gasteiger partial charge is 0.334 e. The van der Waals surface area contributed by atoms with Gasteiger partial charge < -0.3 is 5.32 Å². The molecule has 0 spiro atoms. The van der Waals surface area contributed by atoms with Crippen molar-refractivity contribution in [3.05, 3.63) is 38.9 Å². The second-order valence-corrected chi connectivity index (χ2v) is 4.61. The van der Waals surface area contributed by atoms with Crippen LogP contribution in [-0.2, 0) is 0 Å². The molecule has 0 saturated heterocycles. The van der Waals surface area contributed by atoms with E-state index < -0.39 is 16.4 Å². The number of benzene rings is 1. The Balaban J connectivity index is 3.14. The Bertz CT molecular complexity index is 568. The third-order valence-corrected chi connectivity index (χ3v) is 2.98. The lowest BCUT2D eigenvalue weighted by atomic mass is 10.0. The maximum absolute atomic E-state index is 12.0. The number of nitriles is 1. The molecule has 1 atom stereocenters. The number of nitrogens with one attached hydrogen (secondary N) is 1. The van der Waals surface area contributed by atoms with E-state index in [0.717, 1.165) is 6.07 Å². The van der Waals surface area contributed by atoms with Crippen LogP contribution in [0.4, 0.5) is 5.69 Å². The molecule has 0 heterocycles. The fraction of sp³-hybridized carbons (Fsp3) is 0.333. The zero-order valence-electron chi connectivity index (χ0n) is 10.4. The average Bonchev–Trinajstić information content (AvgIpc) is 2.38. The summed E-state index contributed by atoms with van der Waals surface area (Å²) >= 11 is 5.66. The summed E-state index contributed by atoms with van der Waals surface area (Å²) < 4.78 is 0. The molecule has 0 fully saturated rings. The second kappa shape index (κ2) is 5.67. The number of rotatable bonds is 4. The molecule has 0 aliphatic rings. The standard InChI is InChI=1S/C12H12ClN3O3/c1-3-12(2,7-14)15-11(17)9-5-4-8(13)6-10(9)16(18)19/h4-6H,3H2,1-2H3,(H,15,17). The van der Waals surface area contributed by atoms with E-state index >= 15 is 0 Å². The lowest BCUT2D eigenvalue weighted by molar-refractivity contribution is -0.385. The molecule has 1 aromatic rings. The quantitative estimate of drug-likeness (QED) is 0.678. The average molecular weight is 282 g/mol. The fourth-order valence-electron chi connectivity index (χ4n) is 1.36. The summed E-state index contributed by atoms with van der Waals surface area (Å²) in [7, 11) is 0. The van der Waals surface area contributed by atoms with Gasteiger partial charge in [-0.15, -0.1) is 0 Å². The fourth-order valence-corrected chi connectivity index (χ4v) is 1.53. The van der Waals surface area contributed by atoms with Gasteiger partial charge in [-0.2, -0.15) is 5.26 Å². The van der Waals surface area contributed by atoms with Crippen molar-refractivity contribution in [3.63, 3.8) is 0 Å². The smallest absolute Gasteiger partial charge is 0.283 e. The van der Waals surface area contributed by atoms with Gasteiger partial charge in [0.2, 0.25) is 0 Å². The van der Waals surface area contributed by atoms with Crippen molar-refractivity contribution in [1.29, 1.82) is 5.26 Å². The van der Waals surface area contributed by atoms with Crippen LogP contribution in [0, 0.1) is 21.4 Å². The minimum absolute atomic E-state index is 0.121. The first-order valence-corrected chi connectivity index (χ1v) is 5.88. The van der Waals surface area contributed by atoms with Crippen molar-refractivity contribution in [2.24, 2.45) is 0 Å². The molecule has 1 amide bonds. The van der Waals surface area contributed by atoms with Gasteiger partial charge in [0.05, 0.1) is 11.0 Å². The maximum atomic E-state index is 12.0. The normalized spacial score (nSPS) is 13.2. The summed E-state index contributed by atoms with van der Waals surface area (Å²) in [5.74, 6) is -0.672. The lowest BCUT2D eigenvalue weighted by Crippen LogP contribution is -2.44. The molecule has 0 radical (unpaired) electrons. The highest BCUT2D eigenvalue weighted by atomic mass is 35.5. The highest BCUT2D eigenvalue weighted by molar-refractivity contribution is 6.31. The molecule has 0 saturated carbocycles. The minimum atomic E-state index is -1.06. The Labute approximate surface area is 115 Å². The molecule has 1 N–H and O–H groups in total. The SMILES string of the molecule is CCC(C)(C#N)NC(=O)c1ccc(Cl)cc1[N+](=O)[O-]. The number of hydrogen-bond donors (Lipinski definition) is 1. The van der Waals surface area contributed by atoms with Crippen LogP contribution in [0.1, 0.15) is 30.6 Å². The van der Waals surface area contributed by atoms with Gasteiger partial charge in [0, 0.05) is 11.1 Å². The summed E-state index contributed by atoms with van der Waals surface area (Å²) in [5.41, 5.74) is -1.57. The third kappa shape index (κ3) is 3.42. The first kappa shape index (κ1) is 14.9. The van der Waals surface area contributed by atoms with Gasteiger partial charge in [-0.25, -0.2) is 0 Å². The van der Waals surface area contributed by atoms with Gasteiger partial charge >= 0.3 is 0 Å². The Hall–Kier alpha value is -2.13. The van der Waals surface area contributed by atoms with Gasteiger partial charge in [0.1, 0.15) is 11.1 Å². The molecule has 1 aromatic carbocycles. The Kier molecular flexibility index (Phi) is 4.46. The van der Waals surface area contributed by atoms with Gasteiger partial charge in [-0.1, -0.05) is 18.5 Å². The predicted molar refractivity (Wildman–Crippen MR) is 69.9 cm³/mol. The van der Waals surface area contributed by atoms with Gasteiger partial charge in [-0.3, -0.25) is 14.9 Å². The summed E-state index contributed by atoms with van der Waals surface area (Å²) in [5, 5.41) is 22.5. The third-order valence-electron chi connectivity index (χ3n) is 2.74. The number of carbonyl (C=O) groups excluding carboxylic acids is 1. The van der Waals surface area contributed by atoms with Crippen molar-refractivity contribution in [3.8, 4) is 6.07 Å². The highest BCUT2D eigenvalue weighted by Gasteiger charge is 2.28. The number of hydrogen-bond acceptors (Lipinski definition) is 4. The predicted octanol–water partition coefficient (Wildman–Crippen LogP) is 2.67. The molecule has 19 heavy (non-hydrogen) atoms. The maximum Gasteiger partial charge on any atom is 0.283 e. The van der Waals surface area contributed by atoms with Crippen LogP contribution in [0.3, 0.4) is 0 Å². The molecular formula is C12H12ClN3O3. The number of nitro benzene ring substituents is 1. The number of halogens is 1. The van der Waals surface area contributed by atoms with Gasteiger partial charge in [-0.05, 0) is 25.5 Å². The molecule has 100 valence electrons. The van der Waals surface area contributed by atoms with Crippen LogP contribution in [-0.4, -0.2) is 16.4 Å². The molecular weight excluding hydrogens is 270 g/mol. The number of carbonyl (C=O) groups is 1. The Morgan fingerprint density at radius 2 is 2.26 bits per heavy atom. The van der Waals surface area contributed by atoms with E-state index in [0.29, 0.717) is 6.42 Å². The number of nitrogens with zero attached hydrogens (tertiary/aromatic N) is 2. The summed E-state index contributed by atoms with van der Waals surface area (Å²) in [4.78, 5) is 22.2. The number of nitro groups is 1. The Morgan fingerprint density at radius 3 is 2.74 bits per heavy atom. The van der Waals surface area contributed by atoms with E-state index in [1.165, 1.54) is 12.1 Å². The zero-order valence-corrected chi connectivity index (χ0v) is 11.2. The molecule has 6 nitrogen and oxygen atoms in total. The zero-order chi connectivity index (χ0) is 14.6. The molecule has 0 aliphatic carbocycles. The van der Waals surface area contributed by atoms with Crippen molar-refractivity contribution >= 4 is 23.2 Å². The second-order valence-electron chi connectivity index (χ2n) is 4.17. The lowest BCUT2D eigenvalue weighted by Gasteiger charge is -2.21. The highest BCUT2D eigenvalue weighted by Crippen LogP contribution is 2.23. The first-order valence-electron chi connectivity index (χ1n) is 5.50. The topological polar surface area (TPSA) is 96.0 Å². The van der Waals surface area contributed by atoms with Crippen molar-refractivity contribution in [2.75, 3.05) is 0 Å². The minimum Gasteiger partial charge on any atom is -0.334 e. The van der Waals surface area contributed by atoms with E-state index in [1.807, 2.05) is 6.07 Å². The van der Waals surface area contributed by atoms with Crippen LogP contribution >= 0.6 is 11.6 Å². The molecule has 1 rings (SSSR count). The molecule has 0 bridgehead atoms. The van der Waals surface area contributed by atoms with Crippen molar-refractivity contribution < 1.29 is 9.72 Å². The van der Waals surface area contributed by atoms with E-state index in [-0.39, 0.29) is 16.3 Å². The number of amides is 1. The van der Waals surface area contributed by atoms with E-state index in [1.54, 1.807) is 13.8 Å². The van der Waals surface area contributed by atoms with Crippen LogP contribution < -0.4 is 5.32 Å². The summed E-state index contributed by atoms with van der Waals surface area (Å²) in [6.07, 6.45) is 0.386. The van der Waals surface area contributed by atoms with Crippen LogP contribution in [0.5, 0.6) is 0 Å². The van der Waals surface area contributed by atoms with Gasteiger partial charge in [0.15, 0.2) is 0 Å². The van der Waals surface area contributed by atoms with Crippen LogP contribution in [0.2, 0.25) is 5.02 Å². The van der Waals surface area contributed by atoms with E-state index in [4.69, 9.17) is 16.9 Å².